The van der Waals surface area contributed by atoms with Crippen LogP contribution < -0.4 is 0 Å². The summed E-state index contributed by atoms with van der Waals surface area (Å²) in [6.45, 7) is 7.03. The maximum Gasteiger partial charge on any atom is 0.340 e. The number of rotatable bonds is 3. The standard InChI is InChI=1S/C15H20FNO3/c1-15(2)10-17(6-7-20-15)9-11-4-5-12(13(16)8-11)14(18)19-3/h4-5,8H,6-7,9-10H2,1-3H3. The van der Waals surface area contributed by atoms with Gasteiger partial charge in [-0.25, -0.2) is 9.18 Å². The minimum absolute atomic E-state index is 0.0291. The molecule has 1 aromatic carbocycles. The first-order valence-corrected chi connectivity index (χ1v) is 6.64. The van der Waals surface area contributed by atoms with E-state index in [4.69, 9.17) is 4.74 Å². The van der Waals surface area contributed by atoms with Crippen molar-refractivity contribution in [3.05, 3.63) is 35.1 Å². The third-order valence-corrected chi connectivity index (χ3v) is 3.35. The quantitative estimate of drug-likeness (QED) is 0.796. The smallest absolute Gasteiger partial charge is 0.340 e. The van der Waals surface area contributed by atoms with Crippen molar-refractivity contribution in [2.75, 3.05) is 26.8 Å². The van der Waals surface area contributed by atoms with E-state index in [1.54, 1.807) is 6.07 Å². The number of hydrogen-bond donors (Lipinski definition) is 0. The Bertz CT molecular complexity index is 502. The van der Waals surface area contributed by atoms with E-state index in [-0.39, 0.29) is 11.2 Å². The summed E-state index contributed by atoms with van der Waals surface area (Å²) in [6.07, 6.45) is 0. The molecule has 0 atom stereocenters. The Balaban J connectivity index is 2.07. The molecule has 0 radical (unpaired) electrons. The zero-order chi connectivity index (χ0) is 14.8. The number of ether oxygens (including phenoxy) is 2. The van der Waals surface area contributed by atoms with Gasteiger partial charge in [-0.3, -0.25) is 4.90 Å². The number of methoxy groups -OCH3 is 1. The molecular formula is C15H20FNO3. The van der Waals surface area contributed by atoms with Gasteiger partial charge < -0.3 is 9.47 Å². The van der Waals surface area contributed by atoms with Crippen molar-refractivity contribution in [1.29, 1.82) is 0 Å². The van der Waals surface area contributed by atoms with Gasteiger partial charge in [0.2, 0.25) is 0 Å². The van der Waals surface area contributed by atoms with Crippen molar-refractivity contribution in [1.82, 2.24) is 4.90 Å². The van der Waals surface area contributed by atoms with E-state index in [1.807, 2.05) is 13.8 Å². The Labute approximate surface area is 118 Å². The molecule has 1 saturated heterocycles. The molecule has 1 heterocycles. The van der Waals surface area contributed by atoms with Crippen molar-refractivity contribution >= 4 is 5.97 Å². The second-order valence-corrected chi connectivity index (χ2v) is 5.62. The highest BCUT2D eigenvalue weighted by Crippen LogP contribution is 2.19. The first kappa shape index (κ1) is 14.9. The average Bonchev–Trinajstić information content (AvgIpc) is 2.37. The molecule has 5 heteroatoms. The number of benzene rings is 1. The van der Waals surface area contributed by atoms with Crippen molar-refractivity contribution in [3.63, 3.8) is 0 Å². The predicted octanol–water partition coefficient (Wildman–Crippen LogP) is 2.22. The highest BCUT2D eigenvalue weighted by atomic mass is 19.1. The molecule has 0 amide bonds. The molecule has 0 unspecified atom stereocenters. The lowest BCUT2D eigenvalue weighted by Gasteiger charge is -2.38. The largest absolute Gasteiger partial charge is 0.465 e. The summed E-state index contributed by atoms with van der Waals surface area (Å²) in [6, 6.07) is 4.63. The molecule has 0 N–H and O–H groups in total. The number of carbonyl (C=O) groups is 1. The highest BCUT2D eigenvalue weighted by Gasteiger charge is 2.27. The maximum atomic E-state index is 13.8. The molecule has 2 rings (SSSR count). The van der Waals surface area contributed by atoms with E-state index in [0.717, 1.165) is 18.7 Å². The van der Waals surface area contributed by atoms with Gasteiger partial charge in [-0.1, -0.05) is 6.07 Å². The van der Waals surface area contributed by atoms with E-state index < -0.39 is 11.8 Å². The second kappa shape index (κ2) is 5.89. The van der Waals surface area contributed by atoms with Crippen LogP contribution in [0.4, 0.5) is 4.39 Å². The third kappa shape index (κ3) is 3.55. The minimum atomic E-state index is -0.651. The molecule has 1 aromatic rings. The second-order valence-electron chi connectivity index (χ2n) is 5.62. The summed E-state index contributed by atoms with van der Waals surface area (Å²) in [7, 11) is 1.24. The van der Waals surface area contributed by atoms with Crippen molar-refractivity contribution in [2.45, 2.75) is 26.0 Å². The molecule has 0 spiro atoms. The van der Waals surface area contributed by atoms with Gasteiger partial charge in [-0.15, -0.1) is 0 Å². The summed E-state index contributed by atoms with van der Waals surface area (Å²) in [5, 5.41) is 0. The Morgan fingerprint density at radius 3 is 2.85 bits per heavy atom. The summed E-state index contributed by atoms with van der Waals surface area (Å²) < 4.78 is 24.0. The fraction of sp³-hybridized carbons (Fsp3) is 0.533. The molecular weight excluding hydrogens is 261 g/mol. The van der Waals surface area contributed by atoms with Crippen molar-refractivity contribution in [2.24, 2.45) is 0 Å². The van der Waals surface area contributed by atoms with Gasteiger partial charge in [-0.05, 0) is 31.5 Å². The van der Waals surface area contributed by atoms with Gasteiger partial charge in [0.1, 0.15) is 5.82 Å². The van der Waals surface area contributed by atoms with Crippen LogP contribution in [0.1, 0.15) is 29.8 Å². The Morgan fingerprint density at radius 2 is 2.25 bits per heavy atom. The van der Waals surface area contributed by atoms with E-state index in [2.05, 4.69) is 9.64 Å². The summed E-state index contributed by atoms with van der Waals surface area (Å²) in [4.78, 5) is 13.5. The van der Waals surface area contributed by atoms with E-state index in [1.165, 1.54) is 19.2 Å². The van der Waals surface area contributed by atoms with Gasteiger partial charge in [0.05, 0.1) is 24.9 Å². The normalized spacial score (nSPS) is 18.8. The Morgan fingerprint density at radius 1 is 1.50 bits per heavy atom. The summed E-state index contributed by atoms with van der Waals surface area (Å²) >= 11 is 0. The van der Waals surface area contributed by atoms with Crippen LogP contribution in [0.5, 0.6) is 0 Å². The molecule has 0 aromatic heterocycles. The van der Waals surface area contributed by atoms with Gasteiger partial charge in [-0.2, -0.15) is 0 Å². The highest BCUT2D eigenvalue weighted by molar-refractivity contribution is 5.89. The van der Waals surface area contributed by atoms with Crippen LogP contribution in [0, 0.1) is 5.82 Å². The van der Waals surface area contributed by atoms with Crippen LogP contribution in [0.2, 0.25) is 0 Å². The molecule has 0 aliphatic carbocycles. The van der Waals surface area contributed by atoms with E-state index in [0.29, 0.717) is 13.2 Å². The SMILES string of the molecule is COC(=O)c1ccc(CN2CCOC(C)(C)C2)cc1F. The first-order valence-electron chi connectivity index (χ1n) is 6.64. The lowest BCUT2D eigenvalue weighted by molar-refractivity contribution is -0.0882. The monoisotopic (exact) mass is 281 g/mol. The predicted molar refractivity (Wildman–Crippen MR) is 73.0 cm³/mol. The molecule has 20 heavy (non-hydrogen) atoms. The van der Waals surface area contributed by atoms with Crippen LogP contribution in [0.15, 0.2) is 18.2 Å². The number of morpholine rings is 1. The van der Waals surface area contributed by atoms with Crippen LogP contribution in [0.3, 0.4) is 0 Å². The van der Waals surface area contributed by atoms with Crippen molar-refractivity contribution < 1.29 is 18.7 Å². The number of carbonyl (C=O) groups excluding carboxylic acids is 1. The van der Waals surface area contributed by atoms with Gasteiger partial charge in [0.25, 0.3) is 0 Å². The fourth-order valence-electron chi connectivity index (χ4n) is 2.44. The minimum Gasteiger partial charge on any atom is -0.465 e. The van der Waals surface area contributed by atoms with Crippen LogP contribution in [0.25, 0.3) is 0 Å². The fourth-order valence-corrected chi connectivity index (χ4v) is 2.44. The molecule has 110 valence electrons. The van der Waals surface area contributed by atoms with E-state index in [9.17, 15) is 9.18 Å². The average molecular weight is 281 g/mol. The third-order valence-electron chi connectivity index (χ3n) is 3.35. The van der Waals surface area contributed by atoms with Crippen LogP contribution >= 0.6 is 0 Å². The number of nitrogens with zero attached hydrogens (tertiary/aromatic N) is 1. The molecule has 1 aliphatic rings. The van der Waals surface area contributed by atoms with Gasteiger partial charge in [0, 0.05) is 19.6 Å². The lowest BCUT2D eigenvalue weighted by Crippen LogP contribution is -2.47. The summed E-state index contributed by atoms with van der Waals surface area (Å²) in [5.74, 6) is -1.19. The van der Waals surface area contributed by atoms with Gasteiger partial charge >= 0.3 is 5.97 Å². The zero-order valence-corrected chi connectivity index (χ0v) is 12.1. The number of esters is 1. The summed E-state index contributed by atoms with van der Waals surface area (Å²) in [5.41, 5.74) is 0.634. The number of halogens is 1. The molecule has 0 saturated carbocycles. The molecule has 0 bridgehead atoms. The Hall–Kier alpha value is -1.46. The van der Waals surface area contributed by atoms with Gasteiger partial charge in [0.15, 0.2) is 0 Å². The zero-order valence-electron chi connectivity index (χ0n) is 12.1. The topological polar surface area (TPSA) is 38.8 Å². The van der Waals surface area contributed by atoms with Crippen LogP contribution in [-0.2, 0) is 16.0 Å². The molecule has 1 fully saturated rings. The first-order chi connectivity index (χ1) is 9.41. The molecule has 4 nitrogen and oxygen atoms in total. The van der Waals surface area contributed by atoms with E-state index >= 15 is 0 Å². The maximum absolute atomic E-state index is 13.8. The van der Waals surface area contributed by atoms with Crippen molar-refractivity contribution in [3.8, 4) is 0 Å². The Kier molecular flexibility index (Phi) is 4.40. The van der Waals surface area contributed by atoms with Crippen LogP contribution in [-0.4, -0.2) is 43.3 Å². The molecule has 1 aliphatic heterocycles. The lowest BCUT2D eigenvalue weighted by atomic mass is 10.1. The number of hydrogen-bond acceptors (Lipinski definition) is 4.